The van der Waals surface area contributed by atoms with Gasteiger partial charge in [-0.05, 0) is 35.4 Å². The van der Waals surface area contributed by atoms with E-state index >= 15 is 0 Å². The number of rotatable bonds is 6. The molecule has 2 unspecified atom stereocenters. The number of aliphatic hydroxyl groups is 1. The van der Waals surface area contributed by atoms with Gasteiger partial charge in [0.15, 0.2) is 11.6 Å². The van der Waals surface area contributed by atoms with Crippen LogP contribution in [0.3, 0.4) is 0 Å². The summed E-state index contributed by atoms with van der Waals surface area (Å²) in [4.78, 5) is 27.7. The van der Waals surface area contributed by atoms with Gasteiger partial charge in [0.1, 0.15) is 16.6 Å². The first-order valence-electron chi connectivity index (χ1n) is 9.88. The lowest BCUT2D eigenvalue weighted by Crippen LogP contribution is -2.26. The number of carbonyl (C=O) groups is 2. The molecular weight excluding hydrogens is 467 g/mol. The number of amides is 1. The van der Waals surface area contributed by atoms with Crippen molar-refractivity contribution in [1.29, 1.82) is 0 Å². The second kappa shape index (κ2) is 9.57. The normalized spacial score (nSPS) is 16.5. The van der Waals surface area contributed by atoms with Crippen molar-refractivity contribution in [2.45, 2.75) is 10.8 Å². The Kier molecular flexibility index (Phi) is 6.57. The third-order valence-electron chi connectivity index (χ3n) is 5.04. The van der Waals surface area contributed by atoms with Gasteiger partial charge in [-0.1, -0.05) is 30.0 Å². The topological polar surface area (TPSA) is 127 Å². The van der Waals surface area contributed by atoms with Crippen LogP contribution in [0.1, 0.15) is 32.4 Å². The number of halogens is 1. The summed E-state index contributed by atoms with van der Waals surface area (Å²) in [6, 6.07) is 12.5. The number of methoxy groups -OCH3 is 2. The van der Waals surface area contributed by atoms with Crippen LogP contribution in [0.2, 0.25) is 0 Å². The van der Waals surface area contributed by atoms with E-state index in [9.17, 15) is 24.2 Å². The molecule has 2 aromatic carbocycles. The van der Waals surface area contributed by atoms with E-state index in [1.54, 1.807) is 30.3 Å². The van der Waals surface area contributed by atoms with Gasteiger partial charge in [-0.25, -0.2) is 19.0 Å². The molecule has 0 aliphatic carbocycles. The lowest BCUT2D eigenvalue weighted by molar-refractivity contribution is 0.0694. The predicted molar refractivity (Wildman–Crippen MR) is 120 cm³/mol. The van der Waals surface area contributed by atoms with E-state index in [2.05, 4.69) is 15.0 Å². The van der Waals surface area contributed by atoms with E-state index in [4.69, 9.17) is 9.47 Å². The first-order chi connectivity index (χ1) is 16.3. The Morgan fingerprint density at radius 2 is 1.88 bits per heavy atom. The van der Waals surface area contributed by atoms with Crippen LogP contribution >= 0.6 is 11.8 Å². The summed E-state index contributed by atoms with van der Waals surface area (Å²) < 4.78 is 30.1. The second-order valence-corrected chi connectivity index (χ2v) is 8.29. The number of aromatic nitrogens is 1. The van der Waals surface area contributed by atoms with Crippen molar-refractivity contribution < 1.29 is 38.4 Å². The number of nitrogens with one attached hydrogen (secondary N) is 1. The molecular formula is C23H19FN2O7S. The highest BCUT2D eigenvalue weighted by atomic mass is 32.2. The first-order valence-corrected chi connectivity index (χ1v) is 10.8. The highest BCUT2D eigenvalue weighted by Gasteiger charge is 2.38. The Labute approximate surface area is 197 Å². The fourth-order valence-electron chi connectivity index (χ4n) is 3.46. The summed E-state index contributed by atoms with van der Waals surface area (Å²) in [7, 11) is 2.70. The van der Waals surface area contributed by atoms with Crippen LogP contribution < -0.4 is 14.8 Å². The molecule has 1 aromatic heterocycles. The number of aromatic carboxylic acids is 1. The highest BCUT2D eigenvalue weighted by Crippen LogP contribution is 2.49. The van der Waals surface area contributed by atoms with Gasteiger partial charge >= 0.3 is 12.1 Å². The number of ether oxygens (including phenoxy) is 3. The second-order valence-electron chi connectivity index (χ2n) is 7.10. The van der Waals surface area contributed by atoms with Crippen LogP contribution in [0, 0.1) is 5.82 Å². The lowest BCUT2D eigenvalue weighted by Gasteiger charge is -2.15. The minimum atomic E-state index is -1.33. The molecule has 176 valence electrons. The Balaban J connectivity index is 1.66. The van der Waals surface area contributed by atoms with E-state index in [-0.39, 0.29) is 28.5 Å². The maximum atomic E-state index is 14.8. The van der Waals surface area contributed by atoms with E-state index in [1.165, 1.54) is 19.2 Å². The number of nitrogens with zero attached hydrogens (tertiary/aromatic N) is 1. The molecule has 0 saturated heterocycles. The van der Waals surface area contributed by atoms with Gasteiger partial charge in [0.2, 0.25) is 5.88 Å². The molecule has 1 aliphatic rings. The molecule has 11 heteroatoms. The van der Waals surface area contributed by atoms with Gasteiger partial charge in [0.25, 0.3) is 0 Å². The van der Waals surface area contributed by atoms with Crippen LogP contribution in [0.15, 0.2) is 48.5 Å². The first kappa shape index (κ1) is 23.3. The number of thioether (sulfide) groups is 1. The van der Waals surface area contributed by atoms with E-state index in [1.807, 2.05) is 0 Å². The van der Waals surface area contributed by atoms with Gasteiger partial charge in [0.05, 0.1) is 25.5 Å². The number of alkyl carbamates (subject to hydrolysis) is 1. The standard InChI is InChI=1S/C23H19FN2O7S/c1-31-13-5-3-4-11(8-13)12-6-7-16(15(24)9-12)33-17-10-14(21(27)28)18-19(25-17)22(29)34-20(18)26-23(30)32-2/h3-10,20,22,29H,1-2H3,(H,26,30)(H,27,28). The monoisotopic (exact) mass is 486 g/mol. The fraction of sp³-hybridized carbons (Fsp3) is 0.174. The molecule has 0 bridgehead atoms. The Bertz CT molecular complexity index is 1270. The van der Waals surface area contributed by atoms with Crippen LogP contribution in [0.4, 0.5) is 9.18 Å². The van der Waals surface area contributed by atoms with E-state index in [0.29, 0.717) is 11.3 Å². The molecule has 9 nitrogen and oxygen atoms in total. The van der Waals surface area contributed by atoms with Crippen molar-refractivity contribution in [3.05, 3.63) is 71.2 Å². The number of benzene rings is 2. The summed E-state index contributed by atoms with van der Waals surface area (Å²) in [6.07, 6.45) is -0.799. The van der Waals surface area contributed by atoms with Crippen molar-refractivity contribution >= 4 is 23.8 Å². The van der Waals surface area contributed by atoms with Crippen molar-refractivity contribution in [3.63, 3.8) is 0 Å². The molecule has 3 aromatic rings. The van der Waals surface area contributed by atoms with Gasteiger partial charge in [0, 0.05) is 11.6 Å². The molecule has 2 heterocycles. The smallest absolute Gasteiger partial charge is 0.408 e. The van der Waals surface area contributed by atoms with E-state index < -0.39 is 28.7 Å². The van der Waals surface area contributed by atoms with Gasteiger partial charge < -0.3 is 29.7 Å². The zero-order chi connectivity index (χ0) is 24.4. The zero-order valence-corrected chi connectivity index (χ0v) is 18.8. The molecule has 1 amide bonds. The van der Waals surface area contributed by atoms with Crippen molar-refractivity contribution in [2.75, 3.05) is 14.2 Å². The molecule has 2 atom stereocenters. The highest BCUT2D eigenvalue weighted by molar-refractivity contribution is 7.99. The minimum Gasteiger partial charge on any atom is -0.497 e. The number of aliphatic hydroxyl groups excluding tert-OH is 1. The largest absolute Gasteiger partial charge is 0.497 e. The van der Waals surface area contributed by atoms with Crippen molar-refractivity contribution in [1.82, 2.24) is 10.3 Å². The van der Waals surface area contributed by atoms with Gasteiger partial charge in [-0.3, -0.25) is 0 Å². The quantitative estimate of drug-likeness (QED) is 0.462. The predicted octanol–water partition coefficient (Wildman–Crippen LogP) is 4.48. The Hall–Kier alpha value is -3.83. The Morgan fingerprint density at radius 1 is 1.12 bits per heavy atom. The summed E-state index contributed by atoms with van der Waals surface area (Å²) >= 11 is 0.868. The molecule has 0 saturated carbocycles. The molecule has 0 radical (unpaired) electrons. The zero-order valence-electron chi connectivity index (χ0n) is 17.9. The summed E-state index contributed by atoms with van der Waals surface area (Å²) in [6.45, 7) is 0. The molecule has 4 rings (SSSR count). The summed E-state index contributed by atoms with van der Waals surface area (Å²) in [5.41, 5.74) is -0.0670. The third-order valence-corrected chi connectivity index (χ3v) is 6.15. The molecule has 1 aliphatic heterocycles. The Morgan fingerprint density at radius 3 is 2.56 bits per heavy atom. The number of fused-ring (bicyclic) bond motifs is 1. The van der Waals surface area contributed by atoms with Gasteiger partial charge in [-0.15, -0.1) is 0 Å². The molecule has 0 fully saturated rings. The maximum absolute atomic E-state index is 14.8. The average molecular weight is 486 g/mol. The number of carbonyl (C=O) groups excluding carboxylic acids is 1. The van der Waals surface area contributed by atoms with Crippen molar-refractivity contribution in [3.8, 4) is 28.5 Å². The van der Waals surface area contributed by atoms with E-state index in [0.717, 1.165) is 30.5 Å². The summed E-state index contributed by atoms with van der Waals surface area (Å²) in [5, 5.41) is 21.6. The lowest BCUT2D eigenvalue weighted by atomic mass is 10.0. The number of carboxylic acid groups (broad SMARTS) is 1. The number of hydrogen-bond acceptors (Lipinski definition) is 8. The SMILES string of the molecule is COC(=O)NC1SC(O)c2nc(Oc3ccc(-c4cccc(OC)c4)cc3F)cc(C(=O)O)c21. The van der Waals surface area contributed by atoms with Crippen LogP contribution in [-0.4, -0.2) is 41.5 Å². The average Bonchev–Trinajstić information content (AvgIpc) is 3.14. The van der Waals surface area contributed by atoms with Crippen LogP contribution in [0.25, 0.3) is 11.1 Å². The third kappa shape index (κ3) is 4.61. The number of pyridine rings is 1. The maximum Gasteiger partial charge on any atom is 0.408 e. The van der Waals surface area contributed by atoms with Gasteiger partial charge in [-0.2, -0.15) is 0 Å². The van der Waals surface area contributed by atoms with Crippen LogP contribution in [0.5, 0.6) is 17.4 Å². The minimum absolute atomic E-state index is 0.00490. The van der Waals surface area contributed by atoms with Crippen LogP contribution in [-0.2, 0) is 4.74 Å². The number of hydrogen-bond donors (Lipinski definition) is 3. The number of carboxylic acids is 1. The van der Waals surface area contributed by atoms with Crippen molar-refractivity contribution in [2.24, 2.45) is 0 Å². The molecule has 34 heavy (non-hydrogen) atoms. The molecule has 0 spiro atoms. The summed E-state index contributed by atoms with van der Waals surface area (Å²) in [5.74, 6) is -1.80. The fourth-order valence-corrected chi connectivity index (χ4v) is 4.57. The molecule has 3 N–H and O–H groups in total.